The van der Waals surface area contributed by atoms with Crippen molar-refractivity contribution in [3.05, 3.63) is 71.8 Å². The van der Waals surface area contributed by atoms with Crippen molar-refractivity contribution in [1.29, 1.82) is 0 Å². The van der Waals surface area contributed by atoms with Crippen LogP contribution in [0, 0.1) is 0 Å². The summed E-state index contributed by atoms with van der Waals surface area (Å²) in [7, 11) is 0. The maximum Gasteiger partial charge on any atom is 0.471 e. The van der Waals surface area contributed by atoms with Gasteiger partial charge >= 0.3 is 18.1 Å². The number of benzene rings is 2. The molecule has 0 radical (unpaired) electrons. The maximum atomic E-state index is 12.8. The summed E-state index contributed by atoms with van der Waals surface area (Å²) in [6.45, 7) is 1.34. The zero-order valence-corrected chi connectivity index (χ0v) is 19.6. The summed E-state index contributed by atoms with van der Waals surface area (Å²) in [5.41, 5.74) is 1.87. The molecule has 0 spiro atoms. The molecule has 9 heteroatoms. The maximum absolute atomic E-state index is 12.8. The molecule has 2 atom stereocenters. The Hall–Kier alpha value is -3.20. The molecule has 6 nitrogen and oxygen atoms in total. The average molecular weight is 493 g/mol. The summed E-state index contributed by atoms with van der Waals surface area (Å²) in [6.07, 6.45) is -3.00. The van der Waals surface area contributed by atoms with Crippen LogP contribution in [0.2, 0.25) is 0 Å². The minimum Gasteiger partial charge on any atom is -0.460 e. The van der Waals surface area contributed by atoms with Crippen molar-refractivity contribution in [3.8, 4) is 0 Å². The number of esters is 1. The highest BCUT2D eigenvalue weighted by molar-refractivity contribution is 5.83. The molecule has 35 heavy (non-hydrogen) atoms. The molecule has 0 unspecified atom stereocenters. The zero-order valence-electron chi connectivity index (χ0n) is 19.6. The Morgan fingerprint density at radius 3 is 2.03 bits per heavy atom. The van der Waals surface area contributed by atoms with Gasteiger partial charge < -0.3 is 10.1 Å². The van der Waals surface area contributed by atoms with Crippen LogP contribution in [0.4, 0.5) is 13.2 Å². The lowest BCUT2D eigenvalue weighted by atomic mass is 10.0. The lowest BCUT2D eigenvalue weighted by Crippen LogP contribution is -2.47. The third kappa shape index (κ3) is 10.7. The van der Waals surface area contributed by atoms with Crippen molar-refractivity contribution < 1.29 is 32.3 Å². The molecule has 2 rings (SSSR count). The van der Waals surface area contributed by atoms with Crippen molar-refractivity contribution in [3.63, 3.8) is 0 Å². The van der Waals surface area contributed by atoms with Crippen LogP contribution in [0.3, 0.4) is 0 Å². The molecule has 0 aliphatic rings. The van der Waals surface area contributed by atoms with Crippen LogP contribution in [-0.4, -0.2) is 42.5 Å². The Morgan fingerprint density at radius 2 is 1.46 bits per heavy atom. The third-order valence-corrected chi connectivity index (χ3v) is 5.43. The van der Waals surface area contributed by atoms with Crippen molar-refractivity contribution in [2.75, 3.05) is 6.54 Å². The molecule has 0 saturated carbocycles. The second kappa shape index (κ2) is 14.3. The number of ether oxygens (including phenoxy) is 1. The first-order valence-electron chi connectivity index (χ1n) is 11.5. The van der Waals surface area contributed by atoms with Crippen molar-refractivity contribution >= 4 is 17.7 Å². The Kier molecular flexibility index (Phi) is 11.4. The molecule has 0 fully saturated rings. The third-order valence-electron chi connectivity index (χ3n) is 5.43. The molecule has 0 aliphatic carbocycles. The first kappa shape index (κ1) is 28.0. The van der Waals surface area contributed by atoms with Crippen molar-refractivity contribution in [2.45, 2.75) is 63.9 Å². The normalized spacial score (nSPS) is 13.0. The van der Waals surface area contributed by atoms with E-state index >= 15 is 0 Å². The van der Waals surface area contributed by atoms with E-state index in [1.165, 1.54) is 6.92 Å². The van der Waals surface area contributed by atoms with Gasteiger partial charge in [0.05, 0.1) is 6.04 Å². The highest BCUT2D eigenvalue weighted by atomic mass is 19.4. The van der Waals surface area contributed by atoms with Crippen LogP contribution in [0.15, 0.2) is 60.7 Å². The fourth-order valence-corrected chi connectivity index (χ4v) is 3.48. The van der Waals surface area contributed by atoms with Gasteiger partial charge in [0.2, 0.25) is 0 Å². The van der Waals surface area contributed by atoms with E-state index in [1.54, 1.807) is 0 Å². The molecule has 2 aromatic rings. The van der Waals surface area contributed by atoms with Crippen LogP contribution >= 0.6 is 0 Å². The van der Waals surface area contributed by atoms with Crippen LogP contribution in [-0.2, 0) is 32.1 Å². The minimum atomic E-state index is -4.93. The van der Waals surface area contributed by atoms with Crippen LogP contribution in [0.5, 0.6) is 0 Å². The number of amides is 1. The predicted molar refractivity (Wildman–Crippen MR) is 125 cm³/mol. The van der Waals surface area contributed by atoms with Crippen LogP contribution in [0.1, 0.15) is 43.7 Å². The van der Waals surface area contributed by atoms with Gasteiger partial charge in [-0.25, -0.2) is 0 Å². The van der Waals surface area contributed by atoms with Gasteiger partial charge in [-0.2, -0.15) is 13.2 Å². The molecular weight excluding hydrogens is 461 g/mol. The van der Waals surface area contributed by atoms with E-state index in [2.05, 4.69) is 5.32 Å². The van der Waals surface area contributed by atoms with Gasteiger partial charge in [-0.3, -0.25) is 19.7 Å². The number of aryl methyl sites for hydroxylation is 1. The fraction of sp³-hybridized carbons (Fsp3) is 0.423. The number of halogens is 3. The highest BCUT2D eigenvalue weighted by Crippen LogP contribution is 2.15. The molecule has 0 bridgehead atoms. The van der Waals surface area contributed by atoms with Gasteiger partial charge in [-0.05, 0) is 50.2 Å². The zero-order chi connectivity index (χ0) is 25.7. The molecule has 0 saturated heterocycles. The van der Waals surface area contributed by atoms with Gasteiger partial charge in [0, 0.05) is 6.54 Å². The van der Waals surface area contributed by atoms with Gasteiger partial charge in [-0.1, -0.05) is 60.7 Å². The first-order chi connectivity index (χ1) is 16.7. The second-order valence-electron chi connectivity index (χ2n) is 8.25. The summed E-state index contributed by atoms with van der Waals surface area (Å²) in [5, 5.41) is 4.91. The largest absolute Gasteiger partial charge is 0.471 e. The quantitative estimate of drug-likeness (QED) is 0.306. The first-order valence-corrected chi connectivity index (χ1v) is 11.5. The standard InChI is InChI=1S/C26H31F3N2O4/c1-19(32)22(16-15-20-10-4-2-5-11-20)31-23(14-8-9-17-30-25(34)26(27,28)29)24(33)35-18-21-12-6-3-7-13-21/h2-7,10-13,22-23,31H,8-9,14-18H2,1H3,(H,30,34)/t22-,23-/m0/s1. The number of hydrogen-bond acceptors (Lipinski definition) is 5. The number of Topliss-reactive ketones (excluding diaryl/α,β-unsaturated/α-hetero) is 1. The van der Waals surface area contributed by atoms with E-state index in [0.717, 1.165) is 11.1 Å². The van der Waals surface area contributed by atoms with E-state index in [4.69, 9.17) is 4.74 Å². The van der Waals surface area contributed by atoms with Crippen molar-refractivity contribution in [2.24, 2.45) is 0 Å². The molecule has 0 aromatic heterocycles. The van der Waals surface area contributed by atoms with Gasteiger partial charge in [0.15, 0.2) is 0 Å². The summed E-state index contributed by atoms with van der Waals surface area (Å²) < 4.78 is 42.4. The second-order valence-corrected chi connectivity index (χ2v) is 8.25. The topological polar surface area (TPSA) is 84.5 Å². The number of hydrogen-bond donors (Lipinski definition) is 2. The number of unbranched alkanes of at least 4 members (excludes halogenated alkanes) is 1. The molecule has 2 N–H and O–H groups in total. The number of ketones is 1. The van der Waals surface area contributed by atoms with Crippen molar-refractivity contribution in [1.82, 2.24) is 10.6 Å². The number of alkyl halides is 3. The van der Waals surface area contributed by atoms with E-state index < -0.39 is 30.1 Å². The smallest absolute Gasteiger partial charge is 0.460 e. The number of carbonyl (C=O) groups excluding carboxylic acids is 3. The highest BCUT2D eigenvalue weighted by Gasteiger charge is 2.38. The van der Waals surface area contributed by atoms with E-state index in [1.807, 2.05) is 66.0 Å². The number of nitrogens with one attached hydrogen (secondary N) is 2. The number of carbonyl (C=O) groups is 3. The molecule has 190 valence electrons. The fourth-order valence-electron chi connectivity index (χ4n) is 3.48. The van der Waals surface area contributed by atoms with Gasteiger partial charge in [-0.15, -0.1) is 0 Å². The van der Waals surface area contributed by atoms with Gasteiger partial charge in [0.1, 0.15) is 18.4 Å². The average Bonchev–Trinajstić information content (AvgIpc) is 2.84. The number of rotatable bonds is 14. The van der Waals surface area contributed by atoms with E-state index in [-0.39, 0.29) is 31.8 Å². The molecule has 1 amide bonds. The monoisotopic (exact) mass is 492 g/mol. The molecule has 0 heterocycles. The van der Waals surface area contributed by atoms with Crippen LogP contribution < -0.4 is 10.6 Å². The summed E-state index contributed by atoms with van der Waals surface area (Å²) in [5.74, 6) is -2.66. The molecular formula is C26H31F3N2O4. The molecule has 0 aliphatic heterocycles. The Bertz CT molecular complexity index is 937. The predicted octanol–water partition coefficient (Wildman–Crippen LogP) is 4.13. The van der Waals surface area contributed by atoms with Gasteiger partial charge in [0.25, 0.3) is 0 Å². The van der Waals surface area contributed by atoms with E-state index in [9.17, 15) is 27.6 Å². The summed E-state index contributed by atoms with van der Waals surface area (Å²) in [4.78, 5) is 36.1. The Morgan fingerprint density at radius 1 is 0.857 bits per heavy atom. The van der Waals surface area contributed by atoms with Crippen LogP contribution in [0.25, 0.3) is 0 Å². The van der Waals surface area contributed by atoms with E-state index in [0.29, 0.717) is 19.3 Å². The summed E-state index contributed by atoms with van der Waals surface area (Å²) in [6, 6.07) is 17.4. The minimum absolute atomic E-state index is 0.0637. The molecule has 2 aromatic carbocycles. The Balaban J connectivity index is 1.96. The summed E-state index contributed by atoms with van der Waals surface area (Å²) >= 11 is 0. The Labute approximate surface area is 203 Å². The lowest BCUT2D eigenvalue weighted by molar-refractivity contribution is -0.173. The SMILES string of the molecule is CC(=O)[C@H](CCc1ccccc1)N[C@@H](CCCCNC(=O)C(F)(F)F)C(=O)OCc1ccccc1. The lowest BCUT2D eigenvalue weighted by Gasteiger charge is -2.23.